The van der Waals surface area contributed by atoms with Gasteiger partial charge in [-0.05, 0) is 38.0 Å². The predicted molar refractivity (Wildman–Crippen MR) is 86.0 cm³/mol. The second kappa shape index (κ2) is 8.08. The van der Waals surface area contributed by atoms with Crippen LogP contribution in [0.5, 0.6) is 0 Å². The number of benzene rings is 1. The molecule has 2 atom stereocenters. The van der Waals surface area contributed by atoms with Crippen molar-refractivity contribution in [2.75, 3.05) is 0 Å². The van der Waals surface area contributed by atoms with Crippen LogP contribution in [0, 0.1) is 6.92 Å². The summed E-state index contributed by atoms with van der Waals surface area (Å²) in [5, 5.41) is 17.3. The fourth-order valence-corrected chi connectivity index (χ4v) is 2.32. The highest BCUT2D eigenvalue weighted by Gasteiger charge is 2.18. The summed E-state index contributed by atoms with van der Waals surface area (Å²) in [6.07, 6.45) is 0.716. The maximum atomic E-state index is 11.9. The predicted octanol–water partition coefficient (Wildman–Crippen LogP) is 2.59. The normalized spacial score (nSPS) is 13.6. The summed E-state index contributed by atoms with van der Waals surface area (Å²) < 4.78 is 4.99. The van der Waals surface area contributed by atoms with E-state index in [9.17, 15) is 9.90 Å². The Balaban J connectivity index is 1.76. The van der Waals surface area contributed by atoms with Gasteiger partial charge in [0.25, 0.3) is 0 Å². The molecular formula is C16H20ClN3O3. The summed E-state index contributed by atoms with van der Waals surface area (Å²) in [6, 6.07) is 6.51. The second-order valence-electron chi connectivity index (χ2n) is 5.44. The van der Waals surface area contributed by atoms with Crippen LogP contribution in [0.3, 0.4) is 0 Å². The summed E-state index contributed by atoms with van der Waals surface area (Å²) in [4.78, 5) is 16.0. The molecule has 0 bridgehead atoms. The molecule has 0 fully saturated rings. The lowest BCUT2D eigenvalue weighted by atomic mass is 10.0. The minimum absolute atomic E-state index is 0.123. The third kappa shape index (κ3) is 5.33. The maximum absolute atomic E-state index is 11.9. The van der Waals surface area contributed by atoms with E-state index in [1.165, 1.54) is 0 Å². The molecule has 23 heavy (non-hydrogen) atoms. The first kappa shape index (κ1) is 17.4. The molecule has 0 aliphatic rings. The molecule has 1 aromatic carbocycles. The van der Waals surface area contributed by atoms with E-state index in [4.69, 9.17) is 16.1 Å². The lowest BCUT2D eigenvalue weighted by Gasteiger charge is -2.20. The smallest absolute Gasteiger partial charge is 0.226 e. The molecule has 124 valence electrons. The first-order valence-electron chi connectivity index (χ1n) is 7.48. The van der Waals surface area contributed by atoms with Crippen LogP contribution in [-0.4, -0.2) is 27.2 Å². The number of aliphatic hydroxyl groups excluding tert-OH is 1. The third-order valence-electron chi connectivity index (χ3n) is 3.44. The van der Waals surface area contributed by atoms with Gasteiger partial charge in [0.1, 0.15) is 0 Å². The lowest BCUT2D eigenvalue weighted by molar-refractivity contribution is -0.122. The molecule has 0 aliphatic heterocycles. The Hall–Kier alpha value is -1.92. The van der Waals surface area contributed by atoms with E-state index in [2.05, 4.69) is 15.5 Å². The Kier molecular flexibility index (Phi) is 6.12. The van der Waals surface area contributed by atoms with Crippen LogP contribution in [0.15, 0.2) is 28.8 Å². The van der Waals surface area contributed by atoms with Crippen molar-refractivity contribution in [3.05, 3.63) is 46.6 Å². The zero-order valence-electron chi connectivity index (χ0n) is 13.1. The van der Waals surface area contributed by atoms with Crippen molar-refractivity contribution in [1.82, 2.24) is 15.5 Å². The van der Waals surface area contributed by atoms with Gasteiger partial charge in [-0.3, -0.25) is 4.79 Å². The van der Waals surface area contributed by atoms with Crippen molar-refractivity contribution >= 4 is 17.5 Å². The number of carbonyl (C=O) groups is 1. The second-order valence-corrected chi connectivity index (χ2v) is 5.88. The van der Waals surface area contributed by atoms with Crippen molar-refractivity contribution in [3.63, 3.8) is 0 Å². The highest BCUT2D eigenvalue weighted by Crippen LogP contribution is 2.19. The van der Waals surface area contributed by atoms with Gasteiger partial charge < -0.3 is 14.9 Å². The van der Waals surface area contributed by atoms with Gasteiger partial charge in [0.05, 0.1) is 12.1 Å². The van der Waals surface area contributed by atoms with Gasteiger partial charge >= 0.3 is 0 Å². The van der Waals surface area contributed by atoms with Gasteiger partial charge in [0.15, 0.2) is 5.82 Å². The molecule has 2 N–H and O–H groups in total. The third-order valence-corrected chi connectivity index (χ3v) is 3.69. The molecule has 0 aliphatic carbocycles. The molecular weight excluding hydrogens is 318 g/mol. The number of aryl methyl sites for hydroxylation is 2. The molecule has 0 radical (unpaired) electrons. The molecule has 2 rings (SSSR count). The topological polar surface area (TPSA) is 88.2 Å². The number of halogens is 1. The molecule has 1 heterocycles. The van der Waals surface area contributed by atoms with Crippen molar-refractivity contribution < 1.29 is 14.4 Å². The first-order valence-corrected chi connectivity index (χ1v) is 7.85. The number of hydrogen-bond acceptors (Lipinski definition) is 5. The Morgan fingerprint density at radius 2 is 2.09 bits per heavy atom. The number of rotatable bonds is 7. The first-order chi connectivity index (χ1) is 11.0. The fraction of sp³-hybridized carbons (Fsp3) is 0.438. The summed E-state index contributed by atoms with van der Waals surface area (Å²) >= 11 is 5.82. The minimum atomic E-state index is -0.783. The average molecular weight is 338 g/mol. The number of hydrogen-bond donors (Lipinski definition) is 2. The van der Waals surface area contributed by atoms with E-state index in [1.54, 1.807) is 38.1 Å². The number of nitrogens with one attached hydrogen (secondary N) is 1. The Morgan fingerprint density at radius 1 is 1.39 bits per heavy atom. The van der Waals surface area contributed by atoms with E-state index in [1.807, 2.05) is 0 Å². The van der Waals surface area contributed by atoms with Gasteiger partial charge in [-0.2, -0.15) is 4.98 Å². The number of nitrogens with zero attached hydrogens (tertiary/aromatic N) is 2. The van der Waals surface area contributed by atoms with Gasteiger partial charge in [0, 0.05) is 17.9 Å². The molecule has 0 saturated carbocycles. The molecule has 6 nitrogen and oxygen atoms in total. The van der Waals surface area contributed by atoms with Crippen molar-refractivity contribution in [2.45, 2.75) is 45.3 Å². The molecule has 7 heteroatoms. The van der Waals surface area contributed by atoms with Crippen LogP contribution in [0.4, 0.5) is 0 Å². The molecule has 0 spiro atoms. The summed E-state index contributed by atoms with van der Waals surface area (Å²) in [5.74, 6) is 0.996. The van der Waals surface area contributed by atoms with Crippen LogP contribution in [0.2, 0.25) is 5.02 Å². The Bertz CT molecular complexity index is 642. The molecule has 2 aromatic rings. The van der Waals surface area contributed by atoms with Gasteiger partial charge in [0.2, 0.25) is 11.8 Å². The maximum Gasteiger partial charge on any atom is 0.226 e. The van der Waals surface area contributed by atoms with E-state index in [0.29, 0.717) is 41.6 Å². The van der Waals surface area contributed by atoms with E-state index < -0.39 is 12.1 Å². The molecule has 1 aromatic heterocycles. The van der Waals surface area contributed by atoms with Crippen LogP contribution in [-0.2, 0) is 11.2 Å². The number of aromatic nitrogens is 2. The largest absolute Gasteiger partial charge is 0.386 e. The van der Waals surface area contributed by atoms with Crippen LogP contribution in [0.25, 0.3) is 0 Å². The fourth-order valence-electron chi connectivity index (χ4n) is 2.20. The molecule has 0 saturated heterocycles. The van der Waals surface area contributed by atoms with E-state index in [-0.39, 0.29) is 5.91 Å². The van der Waals surface area contributed by atoms with Crippen molar-refractivity contribution in [1.29, 1.82) is 0 Å². The van der Waals surface area contributed by atoms with Gasteiger partial charge in [-0.15, -0.1) is 0 Å². The number of aliphatic hydroxyl groups is 1. The Morgan fingerprint density at radius 3 is 2.70 bits per heavy atom. The highest BCUT2D eigenvalue weighted by atomic mass is 35.5. The van der Waals surface area contributed by atoms with Gasteiger partial charge in [-0.25, -0.2) is 0 Å². The molecule has 2 unspecified atom stereocenters. The zero-order chi connectivity index (χ0) is 16.8. The van der Waals surface area contributed by atoms with Crippen molar-refractivity contribution in [3.8, 4) is 0 Å². The lowest BCUT2D eigenvalue weighted by Crippen LogP contribution is -2.37. The quantitative estimate of drug-likeness (QED) is 0.810. The highest BCUT2D eigenvalue weighted by molar-refractivity contribution is 6.30. The summed E-state index contributed by atoms with van der Waals surface area (Å²) in [7, 11) is 0. The summed E-state index contributed by atoms with van der Waals surface area (Å²) in [5.41, 5.74) is 0.712. The molecule has 1 amide bonds. The zero-order valence-corrected chi connectivity index (χ0v) is 13.9. The Labute approximate surface area is 139 Å². The summed E-state index contributed by atoms with van der Waals surface area (Å²) in [6.45, 7) is 3.51. The number of amides is 1. The monoisotopic (exact) mass is 337 g/mol. The SMILES string of the molecule is Cc1noc(CCCC(=O)NC(C)C(O)c2ccc(Cl)cc2)n1. The average Bonchev–Trinajstić information content (AvgIpc) is 2.92. The van der Waals surface area contributed by atoms with Crippen LogP contribution in [0.1, 0.15) is 43.1 Å². The standard InChI is InChI=1S/C16H20ClN3O3/c1-10(16(22)12-6-8-13(17)9-7-12)18-14(21)4-3-5-15-19-11(2)20-23-15/h6-10,16,22H,3-5H2,1-2H3,(H,18,21). The number of carbonyl (C=O) groups excluding carboxylic acids is 1. The van der Waals surface area contributed by atoms with Crippen molar-refractivity contribution in [2.24, 2.45) is 0 Å². The van der Waals surface area contributed by atoms with Gasteiger partial charge in [-0.1, -0.05) is 28.9 Å². The van der Waals surface area contributed by atoms with Crippen LogP contribution < -0.4 is 5.32 Å². The minimum Gasteiger partial charge on any atom is -0.386 e. The van der Waals surface area contributed by atoms with E-state index in [0.717, 1.165) is 0 Å². The van der Waals surface area contributed by atoms with E-state index >= 15 is 0 Å². The van der Waals surface area contributed by atoms with Crippen LogP contribution >= 0.6 is 11.6 Å².